The van der Waals surface area contributed by atoms with Crippen molar-refractivity contribution >= 4 is 34.5 Å². The van der Waals surface area contributed by atoms with Crippen molar-refractivity contribution in [2.24, 2.45) is 5.92 Å². The fourth-order valence-electron chi connectivity index (χ4n) is 3.55. The van der Waals surface area contributed by atoms with Crippen LogP contribution in [0.25, 0.3) is 0 Å². The van der Waals surface area contributed by atoms with Crippen molar-refractivity contribution in [3.8, 4) is 5.75 Å². The maximum atomic E-state index is 6.06. The molecular formula is C21H27Cl2NOS. The van der Waals surface area contributed by atoms with E-state index in [4.69, 9.17) is 27.9 Å². The average Bonchev–Trinajstić information content (AvgIpc) is 3.20. The van der Waals surface area contributed by atoms with Crippen LogP contribution in [0.5, 0.6) is 5.75 Å². The van der Waals surface area contributed by atoms with Crippen molar-refractivity contribution in [1.29, 1.82) is 0 Å². The summed E-state index contributed by atoms with van der Waals surface area (Å²) in [5.74, 6) is 2.13. The lowest BCUT2D eigenvalue weighted by molar-refractivity contribution is 0.175. The van der Waals surface area contributed by atoms with Gasteiger partial charge in [0.2, 0.25) is 0 Å². The number of nitrogens with zero attached hydrogens (tertiary/aromatic N) is 1. The number of likely N-dealkylation sites (tertiary alicyclic amines) is 1. The van der Waals surface area contributed by atoms with Gasteiger partial charge in [-0.05, 0) is 85.3 Å². The first-order chi connectivity index (χ1) is 12.7. The molecule has 2 aromatic rings. The van der Waals surface area contributed by atoms with Crippen molar-refractivity contribution in [3.63, 3.8) is 0 Å². The first kappa shape index (κ1) is 20.0. The largest absolute Gasteiger partial charge is 0.493 e. The Hall–Kier alpha value is -0.740. The summed E-state index contributed by atoms with van der Waals surface area (Å²) in [6, 6.07) is 7.76. The first-order valence-corrected chi connectivity index (χ1v) is 11.2. The fourth-order valence-corrected chi connectivity index (χ4v) is 4.58. The highest BCUT2D eigenvalue weighted by atomic mass is 35.5. The molecule has 142 valence electrons. The predicted molar refractivity (Wildman–Crippen MR) is 113 cm³/mol. The van der Waals surface area contributed by atoms with Crippen LogP contribution in [0.3, 0.4) is 0 Å². The van der Waals surface area contributed by atoms with Gasteiger partial charge in [0.15, 0.2) is 0 Å². The smallest absolute Gasteiger partial charge is 0.120 e. The number of piperidine rings is 1. The highest BCUT2D eigenvalue weighted by Crippen LogP contribution is 2.30. The van der Waals surface area contributed by atoms with Gasteiger partial charge in [0.05, 0.1) is 16.7 Å². The molecule has 1 fully saturated rings. The topological polar surface area (TPSA) is 12.5 Å². The fraction of sp³-hybridized carbons (Fsp3) is 0.524. The third-order valence-electron chi connectivity index (χ3n) is 5.41. The Kier molecular flexibility index (Phi) is 7.68. The number of ether oxygens (including phenoxy) is 1. The van der Waals surface area contributed by atoms with Gasteiger partial charge in [0.25, 0.3) is 0 Å². The molecule has 5 heteroatoms. The van der Waals surface area contributed by atoms with Crippen LogP contribution in [0.4, 0.5) is 0 Å². The van der Waals surface area contributed by atoms with E-state index in [1.807, 2.05) is 17.4 Å². The second-order valence-corrected chi connectivity index (χ2v) is 8.72. The standard InChI is InChI=1S/C21H27Cl2NOS/c1-2-16(14-25-19-3-4-20(22)21(23)13-19)5-9-24-10-6-17(7-11-24)18-8-12-26-15-18/h3-4,8,12-13,15-17H,2,5-7,9-11,14H2,1H3. The molecule has 0 spiro atoms. The molecule has 0 aliphatic carbocycles. The summed E-state index contributed by atoms with van der Waals surface area (Å²) in [4.78, 5) is 2.62. The molecule has 1 aromatic carbocycles. The molecule has 0 radical (unpaired) electrons. The summed E-state index contributed by atoms with van der Waals surface area (Å²) in [7, 11) is 0. The molecule has 3 rings (SSSR count). The summed E-state index contributed by atoms with van der Waals surface area (Å²) in [5.41, 5.74) is 1.54. The van der Waals surface area contributed by atoms with E-state index in [1.54, 1.807) is 12.1 Å². The highest BCUT2D eigenvalue weighted by Gasteiger charge is 2.21. The molecule has 1 saturated heterocycles. The van der Waals surface area contributed by atoms with Crippen LogP contribution in [0.2, 0.25) is 10.0 Å². The molecule has 1 unspecified atom stereocenters. The van der Waals surface area contributed by atoms with Crippen molar-refractivity contribution in [2.75, 3.05) is 26.2 Å². The monoisotopic (exact) mass is 411 g/mol. The number of hydrogen-bond acceptors (Lipinski definition) is 3. The van der Waals surface area contributed by atoms with Crippen LogP contribution < -0.4 is 4.74 Å². The lowest BCUT2D eigenvalue weighted by atomic mass is 9.91. The first-order valence-electron chi connectivity index (χ1n) is 9.48. The molecule has 0 amide bonds. The van der Waals surface area contributed by atoms with E-state index in [0.717, 1.165) is 24.7 Å². The van der Waals surface area contributed by atoms with E-state index in [1.165, 1.54) is 44.5 Å². The third-order valence-corrected chi connectivity index (χ3v) is 6.85. The molecule has 1 aliphatic rings. The lowest BCUT2D eigenvalue weighted by Gasteiger charge is -2.32. The zero-order valence-electron chi connectivity index (χ0n) is 15.3. The van der Waals surface area contributed by atoms with E-state index in [9.17, 15) is 0 Å². The van der Waals surface area contributed by atoms with E-state index in [-0.39, 0.29) is 0 Å². The van der Waals surface area contributed by atoms with Crippen LogP contribution in [-0.4, -0.2) is 31.1 Å². The number of thiophene rings is 1. The predicted octanol–water partition coefficient (Wildman–Crippen LogP) is 6.73. The van der Waals surface area contributed by atoms with E-state index in [2.05, 4.69) is 28.7 Å². The molecule has 0 bridgehead atoms. The quantitative estimate of drug-likeness (QED) is 0.477. The molecule has 0 saturated carbocycles. The Morgan fingerprint density at radius 1 is 1.19 bits per heavy atom. The lowest BCUT2D eigenvalue weighted by Crippen LogP contribution is -2.34. The normalized spacial score (nSPS) is 17.3. The van der Waals surface area contributed by atoms with Gasteiger partial charge in [-0.25, -0.2) is 0 Å². The van der Waals surface area contributed by atoms with Gasteiger partial charge in [-0.3, -0.25) is 0 Å². The van der Waals surface area contributed by atoms with E-state index < -0.39 is 0 Å². The van der Waals surface area contributed by atoms with Crippen molar-refractivity contribution in [3.05, 3.63) is 50.6 Å². The number of benzene rings is 1. The molecule has 26 heavy (non-hydrogen) atoms. The molecule has 1 aliphatic heterocycles. The minimum absolute atomic E-state index is 0.547. The van der Waals surface area contributed by atoms with Gasteiger partial charge in [0.1, 0.15) is 5.75 Å². The maximum absolute atomic E-state index is 6.06. The Morgan fingerprint density at radius 3 is 2.65 bits per heavy atom. The van der Waals surface area contributed by atoms with Gasteiger partial charge in [-0.15, -0.1) is 0 Å². The van der Waals surface area contributed by atoms with Crippen molar-refractivity contribution in [1.82, 2.24) is 4.90 Å². The van der Waals surface area contributed by atoms with Gasteiger partial charge >= 0.3 is 0 Å². The summed E-state index contributed by atoms with van der Waals surface area (Å²) < 4.78 is 5.94. The summed E-state index contributed by atoms with van der Waals surface area (Å²) >= 11 is 13.8. The number of rotatable bonds is 8. The molecule has 1 atom stereocenters. The molecule has 1 aromatic heterocycles. The van der Waals surface area contributed by atoms with Gasteiger partial charge < -0.3 is 9.64 Å². The van der Waals surface area contributed by atoms with E-state index in [0.29, 0.717) is 16.0 Å². The number of halogens is 2. The molecule has 0 N–H and O–H groups in total. The SMILES string of the molecule is CCC(CCN1CCC(c2ccsc2)CC1)COc1ccc(Cl)c(Cl)c1. The summed E-state index contributed by atoms with van der Waals surface area (Å²) in [6.07, 6.45) is 4.88. The van der Waals surface area contributed by atoms with Gasteiger partial charge in [-0.1, -0.05) is 36.5 Å². The Bertz CT molecular complexity index is 669. The van der Waals surface area contributed by atoms with Crippen LogP contribution in [0, 0.1) is 5.92 Å². The van der Waals surface area contributed by atoms with Crippen molar-refractivity contribution in [2.45, 2.75) is 38.5 Å². The van der Waals surface area contributed by atoms with Crippen LogP contribution in [0.1, 0.15) is 44.1 Å². The summed E-state index contributed by atoms with van der Waals surface area (Å²) in [5, 5.41) is 5.62. The second kappa shape index (κ2) is 9.98. The van der Waals surface area contributed by atoms with E-state index >= 15 is 0 Å². The Balaban J connectivity index is 1.39. The zero-order chi connectivity index (χ0) is 18.4. The highest BCUT2D eigenvalue weighted by molar-refractivity contribution is 7.07. The van der Waals surface area contributed by atoms with Crippen molar-refractivity contribution < 1.29 is 4.74 Å². The molecule has 2 nitrogen and oxygen atoms in total. The van der Waals surface area contributed by atoms with Crippen LogP contribution in [-0.2, 0) is 0 Å². The summed E-state index contributed by atoms with van der Waals surface area (Å²) in [6.45, 7) is 6.57. The second-order valence-electron chi connectivity index (χ2n) is 7.12. The minimum Gasteiger partial charge on any atom is -0.493 e. The Morgan fingerprint density at radius 2 is 2.00 bits per heavy atom. The molecule has 2 heterocycles. The van der Waals surface area contributed by atoms with Crippen LogP contribution in [0.15, 0.2) is 35.0 Å². The zero-order valence-corrected chi connectivity index (χ0v) is 17.6. The van der Waals surface area contributed by atoms with Gasteiger partial charge in [-0.2, -0.15) is 11.3 Å². The van der Waals surface area contributed by atoms with Gasteiger partial charge in [0, 0.05) is 6.07 Å². The Labute approximate surface area is 171 Å². The average molecular weight is 412 g/mol. The van der Waals surface area contributed by atoms with Crippen LogP contribution >= 0.6 is 34.5 Å². The maximum Gasteiger partial charge on any atom is 0.120 e. The minimum atomic E-state index is 0.547. The molecular weight excluding hydrogens is 385 g/mol. The third kappa shape index (κ3) is 5.63. The number of hydrogen-bond donors (Lipinski definition) is 0.